The number of nitrogens with one attached hydrogen (secondary N) is 1. The number of halogens is 1. The molecular formula is C10H13FN2O. The van der Waals surface area contributed by atoms with Gasteiger partial charge in [0.05, 0.1) is 5.56 Å². The van der Waals surface area contributed by atoms with Crippen molar-refractivity contribution in [1.82, 2.24) is 5.32 Å². The van der Waals surface area contributed by atoms with Crippen LogP contribution in [0, 0.1) is 5.82 Å². The molecule has 0 radical (unpaired) electrons. The Morgan fingerprint density at radius 1 is 1.57 bits per heavy atom. The van der Waals surface area contributed by atoms with Gasteiger partial charge in [0, 0.05) is 12.2 Å². The van der Waals surface area contributed by atoms with Crippen molar-refractivity contribution in [2.75, 3.05) is 12.3 Å². The molecule has 0 saturated carbocycles. The fourth-order valence-electron chi connectivity index (χ4n) is 1.06. The van der Waals surface area contributed by atoms with Crippen molar-refractivity contribution >= 4 is 11.6 Å². The highest BCUT2D eigenvalue weighted by Gasteiger charge is 2.09. The topological polar surface area (TPSA) is 55.1 Å². The standard InChI is InChI=1S/C10H13FN2O/c1-2-5-13-10(14)8-6-7(11)3-4-9(8)12/h3-4,6H,2,5,12H2,1H3,(H,13,14). The summed E-state index contributed by atoms with van der Waals surface area (Å²) in [7, 11) is 0. The molecule has 0 aromatic heterocycles. The van der Waals surface area contributed by atoms with Crippen molar-refractivity contribution in [3.63, 3.8) is 0 Å². The van der Waals surface area contributed by atoms with E-state index in [1.165, 1.54) is 12.1 Å². The first-order valence-electron chi connectivity index (χ1n) is 4.48. The largest absolute Gasteiger partial charge is 0.398 e. The van der Waals surface area contributed by atoms with Crippen LogP contribution < -0.4 is 11.1 Å². The summed E-state index contributed by atoms with van der Waals surface area (Å²) < 4.78 is 12.8. The van der Waals surface area contributed by atoms with Crippen molar-refractivity contribution in [3.8, 4) is 0 Å². The van der Waals surface area contributed by atoms with Gasteiger partial charge in [-0.15, -0.1) is 0 Å². The number of hydrogen-bond acceptors (Lipinski definition) is 2. The first-order valence-corrected chi connectivity index (χ1v) is 4.48. The Kier molecular flexibility index (Phi) is 3.45. The number of benzene rings is 1. The second-order valence-electron chi connectivity index (χ2n) is 2.99. The Labute approximate surface area is 82.1 Å². The summed E-state index contributed by atoms with van der Waals surface area (Å²) in [5, 5.41) is 2.63. The fourth-order valence-corrected chi connectivity index (χ4v) is 1.06. The lowest BCUT2D eigenvalue weighted by Crippen LogP contribution is -2.25. The number of anilines is 1. The third-order valence-corrected chi connectivity index (χ3v) is 1.80. The number of amides is 1. The molecule has 0 bridgehead atoms. The van der Waals surface area contributed by atoms with Gasteiger partial charge in [0.1, 0.15) is 5.82 Å². The Morgan fingerprint density at radius 2 is 2.29 bits per heavy atom. The van der Waals surface area contributed by atoms with Gasteiger partial charge in [-0.3, -0.25) is 4.79 Å². The normalized spacial score (nSPS) is 9.86. The summed E-state index contributed by atoms with van der Waals surface area (Å²) in [5.74, 6) is -0.787. The number of hydrogen-bond donors (Lipinski definition) is 2. The molecule has 0 aliphatic heterocycles. The lowest BCUT2D eigenvalue weighted by Gasteiger charge is -2.06. The summed E-state index contributed by atoms with van der Waals surface area (Å²) in [4.78, 5) is 11.4. The van der Waals surface area contributed by atoms with Crippen LogP contribution in [0.15, 0.2) is 18.2 Å². The minimum atomic E-state index is -0.458. The lowest BCUT2D eigenvalue weighted by atomic mass is 10.1. The quantitative estimate of drug-likeness (QED) is 0.720. The van der Waals surface area contributed by atoms with E-state index in [0.717, 1.165) is 12.5 Å². The van der Waals surface area contributed by atoms with Gasteiger partial charge in [0.25, 0.3) is 5.91 Å². The average Bonchev–Trinajstić information content (AvgIpc) is 2.18. The molecule has 0 aliphatic rings. The minimum absolute atomic E-state index is 0.193. The van der Waals surface area contributed by atoms with E-state index in [4.69, 9.17) is 5.73 Å². The van der Waals surface area contributed by atoms with Gasteiger partial charge in [0.2, 0.25) is 0 Å². The highest BCUT2D eigenvalue weighted by Crippen LogP contribution is 2.12. The monoisotopic (exact) mass is 196 g/mol. The molecule has 1 rings (SSSR count). The van der Waals surface area contributed by atoms with Gasteiger partial charge in [0.15, 0.2) is 0 Å². The highest BCUT2D eigenvalue weighted by atomic mass is 19.1. The number of nitrogens with two attached hydrogens (primary N) is 1. The number of carbonyl (C=O) groups excluding carboxylic acids is 1. The van der Waals surface area contributed by atoms with E-state index in [9.17, 15) is 9.18 Å². The summed E-state index contributed by atoms with van der Waals surface area (Å²) >= 11 is 0. The average molecular weight is 196 g/mol. The van der Waals surface area contributed by atoms with Crippen LogP contribution >= 0.6 is 0 Å². The van der Waals surface area contributed by atoms with E-state index in [0.29, 0.717) is 12.2 Å². The van der Waals surface area contributed by atoms with Crippen LogP contribution in [-0.2, 0) is 0 Å². The molecular weight excluding hydrogens is 183 g/mol. The first kappa shape index (κ1) is 10.5. The van der Waals surface area contributed by atoms with Crippen LogP contribution in [0.4, 0.5) is 10.1 Å². The molecule has 0 fully saturated rings. The van der Waals surface area contributed by atoms with Crippen LogP contribution in [0.1, 0.15) is 23.7 Å². The predicted octanol–water partition coefficient (Wildman–Crippen LogP) is 1.55. The zero-order valence-electron chi connectivity index (χ0n) is 8.01. The van der Waals surface area contributed by atoms with E-state index in [1.54, 1.807) is 0 Å². The molecule has 4 heteroatoms. The van der Waals surface area contributed by atoms with Crippen molar-refractivity contribution in [3.05, 3.63) is 29.6 Å². The van der Waals surface area contributed by atoms with Crippen molar-refractivity contribution in [1.29, 1.82) is 0 Å². The lowest BCUT2D eigenvalue weighted by molar-refractivity contribution is 0.0954. The Hall–Kier alpha value is -1.58. The SMILES string of the molecule is CCCNC(=O)c1cc(F)ccc1N. The second kappa shape index (κ2) is 4.60. The molecule has 0 atom stereocenters. The first-order chi connectivity index (χ1) is 6.65. The summed E-state index contributed by atoms with van der Waals surface area (Å²) in [6.45, 7) is 2.50. The Bertz CT molecular complexity index is 339. The maximum absolute atomic E-state index is 12.8. The van der Waals surface area contributed by atoms with Crippen LogP contribution in [0.2, 0.25) is 0 Å². The summed E-state index contributed by atoms with van der Waals surface area (Å²) in [6, 6.07) is 3.75. The summed E-state index contributed by atoms with van der Waals surface area (Å²) in [5.41, 5.74) is 6.02. The maximum atomic E-state index is 12.8. The molecule has 0 spiro atoms. The van der Waals surface area contributed by atoms with Gasteiger partial charge in [-0.05, 0) is 24.6 Å². The molecule has 14 heavy (non-hydrogen) atoms. The predicted molar refractivity (Wildman–Crippen MR) is 53.4 cm³/mol. The van der Waals surface area contributed by atoms with Crippen LogP contribution in [-0.4, -0.2) is 12.5 Å². The molecule has 1 aromatic rings. The zero-order valence-corrected chi connectivity index (χ0v) is 8.01. The molecule has 0 aliphatic carbocycles. The molecule has 3 nitrogen and oxygen atoms in total. The number of nitrogen functional groups attached to an aromatic ring is 1. The number of rotatable bonds is 3. The maximum Gasteiger partial charge on any atom is 0.253 e. The molecule has 3 N–H and O–H groups in total. The van der Waals surface area contributed by atoms with Crippen LogP contribution in [0.25, 0.3) is 0 Å². The highest BCUT2D eigenvalue weighted by molar-refractivity contribution is 5.99. The third kappa shape index (κ3) is 2.45. The number of carbonyl (C=O) groups is 1. The van der Waals surface area contributed by atoms with Crippen molar-refractivity contribution in [2.45, 2.75) is 13.3 Å². The smallest absolute Gasteiger partial charge is 0.253 e. The zero-order chi connectivity index (χ0) is 10.6. The van der Waals surface area contributed by atoms with E-state index < -0.39 is 5.82 Å². The van der Waals surface area contributed by atoms with E-state index >= 15 is 0 Å². The Morgan fingerprint density at radius 3 is 2.93 bits per heavy atom. The van der Waals surface area contributed by atoms with E-state index in [2.05, 4.69) is 5.32 Å². The van der Waals surface area contributed by atoms with Gasteiger partial charge >= 0.3 is 0 Å². The molecule has 0 saturated heterocycles. The van der Waals surface area contributed by atoms with Gasteiger partial charge < -0.3 is 11.1 Å². The second-order valence-corrected chi connectivity index (χ2v) is 2.99. The molecule has 1 aromatic carbocycles. The molecule has 0 unspecified atom stereocenters. The molecule has 0 heterocycles. The fraction of sp³-hybridized carbons (Fsp3) is 0.300. The van der Waals surface area contributed by atoms with Gasteiger partial charge in [-0.2, -0.15) is 0 Å². The van der Waals surface area contributed by atoms with Gasteiger partial charge in [-0.25, -0.2) is 4.39 Å². The molecule has 1 amide bonds. The van der Waals surface area contributed by atoms with Crippen molar-refractivity contribution < 1.29 is 9.18 Å². The van der Waals surface area contributed by atoms with Crippen LogP contribution in [0.3, 0.4) is 0 Å². The van der Waals surface area contributed by atoms with Crippen LogP contribution in [0.5, 0.6) is 0 Å². The molecule has 76 valence electrons. The summed E-state index contributed by atoms with van der Waals surface area (Å²) in [6.07, 6.45) is 0.834. The van der Waals surface area contributed by atoms with Gasteiger partial charge in [-0.1, -0.05) is 6.92 Å². The Balaban J connectivity index is 2.83. The van der Waals surface area contributed by atoms with E-state index in [1.807, 2.05) is 6.92 Å². The minimum Gasteiger partial charge on any atom is -0.398 e. The van der Waals surface area contributed by atoms with Crippen molar-refractivity contribution in [2.24, 2.45) is 0 Å². The van der Waals surface area contributed by atoms with E-state index in [-0.39, 0.29) is 11.5 Å². The third-order valence-electron chi connectivity index (χ3n) is 1.80.